The minimum Gasteiger partial charge on any atom is -0.381 e. The number of nitrogens with two attached hydrogens (primary N) is 1. The Morgan fingerprint density at radius 1 is 1.29 bits per heavy atom. The van der Waals surface area contributed by atoms with Crippen LogP contribution in [0.3, 0.4) is 0 Å². The van der Waals surface area contributed by atoms with Crippen molar-refractivity contribution in [2.75, 3.05) is 18.9 Å². The summed E-state index contributed by atoms with van der Waals surface area (Å²) >= 11 is 0. The Balaban J connectivity index is 1.93. The van der Waals surface area contributed by atoms with Crippen molar-refractivity contribution < 1.29 is 17.9 Å². The van der Waals surface area contributed by atoms with E-state index in [1.807, 2.05) is 0 Å². The first-order valence-electron chi connectivity index (χ1n) is 6.86. The van der Waals surface area contributed by atoms with E-state index < -0.39 is 11.7 Å². The molecule has 0 saturated carbocycles. The molecule has 0 aliphatic carbocycles. The Labute approximate surface area is 119 Å². The van der Waals surface area contributed by atoms with Gasteiger partial charge in [-0.2, -0.15) is 13.2 Å². The van der Waals surface area contributed by atoms with Crippen molar-refractivity contribution in [2.45, 2.75) is 25.6 Å². The highest BCUT2D eigenvalue weighted by Crippen LogP contribution is 2.32. The van der Waals surface area contributed by atoms with Gasteiger partial charge in [0.25, 0.3) is 0 Å². The molecule has 4 nitrogen and oxygen atoms in total. The number of halogens is 3. The van der Waals surface area contributed by atoms with Crippen LogP contribution in [0.15, 0.2) is 18.2 Å². The molecule has 3 rings (SSSR count). The third kappa shape index (κ3) is 2.83. The van der Waals surface area contributed by atoms with E-state index in [2.05, 4.69) is 4.98 Å². The molecule has 1 saturated heterocycles. The lowest BCUT2D eigenvalue weighted by Gasteiger charge is -2.23. The minimum atomic E-state index is -4.37. The number of anilines is 1. The molecule has 2 aromatic rings. The molecule has 0 bridgehead atoms. The molecule has 0 spiro atoms. The molecule has 0 unspecified atom stereocenters. The summed E-state index contributed by atoms with van der Waals surface area (Å²) < 4.78 is 45.3. The maximum Gasteiger partial charge on any atom is 0.416 e. The van der Waals surface area contributed by atoms with Crippen molar-refractivity contribution in [3.05, 3.63) is 23.8 Å². The summed E-state index contributed by atoms with van der Waals surface area (Å²) in [5.41, 5.74) is 6.10. The van der Waals surface area contributed by atoms with Gasteiger partial charge in [-0.3, -0.25) is 0 Å². The number of ether oxygens (including phenoxy) is 1. The number of alkyl halides is 3. The van der Waals surface area contributed by atoms with E-state index >= 15 is 0 Å². The van der Waals surface area contributed by atoms with Gasteiger partial charge in [0.1, 0.15) is 0 Å². The lowest BCUT2D eigenvalue weighted by molar-refractivity contribution is -0.137. The first-order chi connectivity index (χ1) is 9.95. The summed E-state index contributed by atoms with van der Waals surface area (Å²) in [5, 5.41) is 0. The van der Waals surface area contributed by atoms with Crippen LogP contribution in [-0.4, -0.2) is 22.8 Å². The van der Waals surface area contributed by atoms with Crippen LogP contribution in [0.2, 0.25) is 0 Å². The highest BCUT2D eigenvalue weighted by molar-refractivity contribution is 5.79. The third-order valence-corrected chi connectivity index (χ3v) is 3.89. The predicted molar refractivity (Wildman–Crippen MR) is 72.7 cm³/mol. The number of hydrogen-bond donors (Lipinski definition) is 1. The van der Waals surface area contributed by atoms with Crippen molar-refractivity contribution in [1.29, 1.82) is 0 Å². The molecule has 1 aromatic carbocycles. The smallest absolute Gasteiger partial charge is 0.381 e. The largest absolute Gasteiger partial charge is 0.416 e. The standard InChI is InChI=1S/C14H16F3N3O/c15-14(16,17)10-1-2-12-11(7-10)19-13(18)20(12)8-9-3-5-21-6-4-9/h1-2,7,9H,3-6,8H2,(H2,18,19). The molecule has 0 amide bonds. The quantitative estimate of drug-likeness (QED) is 0.927. The second kappa shape index (κ2) is 5.22. The van der Waals surface area contributed by atoms with Crippen molar-refractivity contribution >= 4 is 17.0 Å². The van der Waals surface area contributed by atoms with E-state index in [1.165, 1.54) is 6.07 Å². The zero-order valence-corrected chi connectivity index (χ0v) is 11.4. The summed E-state index contributed by atoms with van der Waals surface area (Å²) in [6, 6.07) is 3.57. The number of fused-ring (bicyclic) bond motifs is 1. The molecule has 2 heterocycles. The van der Waals surface area contributed by atoms with Crippen molar-refractivity contribution in [3.63, 3.8) is 0 Å². The number of imidazole rings is 1. The molecule has 2 N–H and O–H groups in total. The van der Waals surface area contributed by atoms with E-state index in [9.17, 15) is 13.2 Å². The van der Waals surface area contributed by atoms with Gasteiger partial charge in [-0.15, -0.1) is 0 Å². The van der Waals surface area contributed by atoms with Crippen LogP contribution >= 0.6 is 0 Å². The van der Waals surface area contributed by atoms with E-state index in [0.717, 1.165) is 38.2 Å². The van der Waals surface area contributed by atoms with Crippen LogP contribution in [0.25, 0.3) is 11.0 Å². The lowest BCUT2D eigenvalue weighted by Crippen LogP contribution is -2.21. The first-order valence-corrected chi connectivity index (χ1v) is 6.86. The van der Waals surface area contributed by atoms with Gasteiger partial charge in [-0.05, 0) is 37.0 Å². The Hall–Kier alpha value is -1.76. The van der Waals surface area contributed by atoms with Gasteiger partial charge in [0, 0.05) is 19.8 Å². The van der Waals surface area contributed by atoms with Gasteiger partial charge in [0.05, 0.1) is 16.6 Å². The molecule has 0 atom stereocenters. The zero-order chi connectivity index (χ0) is 15.0. The maximum absolute atomic E-state index is 12.7. The van der Waals surface area contributed by atoms with Gasteiger partial charge in [0.15, 0.2) is 0 Å². The maximum atomic E-state index is 12.7. The molecule has 7 heteroatoms. The number of nitrogen functional groups attached to an aromatic ring is 1. The number of aromatic nitrogens is 2. The summed E-state index contributed by atoms with van der Waals surface area (Å²) in [6.07, 6.45) is -2.51. The third-order valence-electron chi connectivity index (χ3n) is 3.89. The first kappa shape index (κ1) is 14.2. The van der Waals surface area contributed by atoms with Crippen molar-refractivity contribution in [3.8, 4) is 0 Å². The molecule has 21 heavy (non-hydrogen) atoms. The SMILES string of the molecule is Nc1nc2cc(C(F)(F)F)ccc2n1CC1CCOCC1. The molecule has 1 aromatic heterocycles. The van der Waals surface area contributed by atoms with Gasteiger partial charge in [0.2, 0.25) is 5.95 Å². The minimum absolute atomic E-state index is 0.260. The van der Waals surface area contributed by atoms with Crippen LogP contribution in [0.5, 0.6) is 0 Å². The fourth-order valence-corrected chi connectivity index (χ4v) is 2.70. The number of benzene rings is 1. The summed E-state index contributed by atoms with van der Waals surface area (Å²) in [7, 11) is 0. The summed E-state index contributed by atoms with van der Waals surface area (Å²) in [4.78, 5) is 4.06. The highest BCUT2D eigenvalue weighted by atomic mass is 19.4. The van der Waals surface area contributed by atoms with Crippen LogP contribution in [-0.2, 0) is 17.5 Å². The van der Waals surface area contributed by atoms with Crippen LogP contribution in [0, 0.1) is 5.92 Å². The Morgan fingerprint density at radius 2 is 2.00 bits per heavy atom. The molecule has 1 aliphatic heterocycles. The number of hydrogen-bond acceptors (Lipinski definition) is 3. The Kier molecular flexibility index (Phi) is 3.52. The molecular weight excluding hydrogens is 283 g/mol. The predicted octanol–water partition coefficient (Wildman–Crippen LogP) is 3.06. The van der Waals surface area contributed by atoms with Crippen LogP contribution in [0.1, 0.15) is 18.4 Å². The molecule has 1 aliphatic rings. The van der Waals surface area contributed by atoms with Gasteiger partial charge in [-0.1, -0.05) is 0 Å². The second-order valence-electron chi connectivity index (χ2n) is 5.34. The monoisotopic (exact) mass is 299 g/mol. The van der Waals surface area contributed by atoms with E-state index in [1.54, 1.807) is 4.57 Å². The van der Waals surface area contributed by atoms with Crippen LogP contribution < -0.4 is 5.73 Å². The Bertz CT molecular complexity index is 645. The van der Waals surface area contributed by atoms with Gasteiger partial charge < -0.3 is 15.0 Å². The normalized spacial score (nSPS) is 17.5. The number of rotatable bonds is 2. The van der Waals surface area contributed by atoms with E-state index in [0.29, 0.717) is 18.0 Å². The van der Waals surface area contributed by atoms with Gasteiger partial charge >= 0.3 is 6.18 Å². The average Bonchev–Trinajstić information content (AvgIpc) is 2.75. The summed E-state index contributed by atoms with van der Waals surface area (Å²) in [5.74, 6) is 0.677. The molecule has 114 valence electrons. The van der Waals surface area contributed by atoms with E-state index in [-0.39, 0.29) is 11.5 Å². The average molecular weight is 299 g/mol. The summed E-state index contributed by atoms with van der Waals surface area (Å²) in [6.45, 7) is 2.10. The topological polar surface area (TPSA) is 53.1 Å². The molecule has 0 radical (unpaired) electrons. The molecular formula is C14H16F3N3O. The van der Waals surface area contributed by atoms with E-state index in [4.69, 9.17) is 10.5 Å². The van der Waals surface area contributed by atoms with Gasteiger partial charge in [-0.25, -0.2) is 4.98 Å². The fraction of sp³-hybridized carbons (Fsp3) is 0.500. The number of nitrogens with zero attached hydrogens (tertiary/aromatic N) is 2. The zero-order valence-electron chi connectivity index (χ0n) is 11.4. The van der Waals surface area contributed by atoms with Crippen molar-refractivity contribution in [2.24, 2.45) is 5.92 Å². The van der Waals surface area contributed by atoms with Crippen molar-refractivity contribution in [1.82, 2.24) is 9.55 Å². The van der Waals surface area contributed by atoms with Crippen LogP contribution in [0.4, 0.5) is 19.1 Å². The molecule has 1 fully saturated rings. The Morgan fingerprint density at radius 3 is 2.67 bits per heavy atom. The lowest BCUT2D eigenvalue weighted by atomic mass is 10.0. The highest BCUT2D eigenvalue weighted by Gasteiger charge is 2.31. The second-order valence-corrected chi connectivity index (χ2v) is 5.34. The fourth-order valence-electron chi connectivity index (χ4n) is 2.70.